The Morgan fingerprint density at radius 3 is 2.65 bits per heavy atom. The minimum atomic E-state index is -3.57. The summed E-state index contributed by atoms with van der Waals surface area (Å²) < 4.78 is 31.9. The molecule has 0 amide bonds. The van der Waals surface area contributed by atoms with Gasteiger partial charge in [0.1, 0.15) is 17.9 Å². The van der Waals surface area contributed by atoms with E-state index in [2.05, 4.69) is 19.9 Å². The van der Waals surface area contributed by atoms with Gasteiger partial charge in [-0.25, -0.2) is 18.1 Å². The summed E-state index contributed by atoms with van der Waals surface area (Å²) in [4.78, 5) is 4.03. The predicted molar refractivity (Wildman–Crippen MR) is 72.6 cm³/mol. The lowest BCUT2D eigenvalue weighted by molar-refractivity contribution is 0.317. The standard InChI is InChI=1S/C12H16N4O3S/c1-2-7-19-10-3-5-11(6-4-10)20(17,18)15-8-12-13-9-14-16-12/h3-6,9,15H,2,7-8H2,1H3,(H,13,14,16). The highest BCUT2D eigenvalue weighted by Crippen LogP contribution is 2.16. The van der Waals surface area contributed by atoms with E-state index in [0.717, 1.165) is 6.42 Å². The van der Waals surface area contributed by atoms with Crippen LogP contribution in [0.5, 0.6) is 5.75 Å². The van der Waals surface area contributed by atoms with E-state index in [1.807, 2.05) is 6.92 Å². The van der Waals surface area contributed by atoms with Crippen LogP contribution in [0.1, 0.15) is 19.2 Å². The minimum absolute atomic E-state index is 0.0659. The third-order valence-corrected chi connectivity index (χ3v) is 3.92. The SMILES string of the molecule is CCCOc1ccc(S(=O)(=O)NCc2ncn[nH]2)cc1. The Bertz CT molecular complexity index is 623. The molecule has 2 aromatic rings. The first-order chi connectivity index (χ1) is 9.62. The van der Waals surface area contributed by atoms with Gasteiger partial charge in [0.15, 0.2) is 0 Å². The average Bonchev–Trinajstić information content (AvgIpc) is 2.97. The van der Waals surface area contributed by atoms with Crippen molar-refractivity contribution < 1.29 is 13.2 Å². The molecule has 2 N–H and O–H groups in total. The number of sulfonamides is 1. The summed E-state index contributed by atoms with van der Waals surface area (Å²) in [7, 11) is -3.57. The van der Waals surface area contributed by atoms with Crippen LogP contribution in [0.15, 0.2) is 35.5 Å². The summed E-state index contributed by atoms with van der Waals surface area (Å²) in [6.07, 6.45) is 2.22. The molecule has 2 rings (SSSR count). The molecule has 108 valence electrons. The van der Waals surface area contributed by atoms with Crippen LogP contribution in [-0.4, -0.2) is 30.2 Å². The number of ether oxygens (including phenoxy) is 1. The highest BCUT2D eigenvalue weighted by atomic mass is 32.2. The Kier molecular flexibility index (Phi) is 4.70. The first-order valence-electron chi connectivity index (χ1n) is 6.18. The fourth-order valence-corrected chi connectivity index (χ4v) is 2.49. The molecule has 0 aliphatic carbocycles. The van der Waals surface area contributed by atoms with E-state index in [-0.39, 0.29) is 11.4 Å². The number of hydrogen-bond donors (Lipinski definition) is 2. The summed E-state index contributed by atoms with van der Waals surface area (Å²) in [6, 6.07) is 6.29. The van der Waals surface area contributed by atoms with E-state index < -0.39 is 10.0 Å². The average molecular weight is 296 g/mol. The zero-order valence-electron chi connectivity index (χ0n) is 11.0. The van der Waals surface area contributed by atoms with E-state index >= 15 is 0 Å². The Balaban J connectivity index is 2.01. The summed E-state index contributed by atoms with van der Waals surface area (Å²) >= 11 is 0. The predicted octanol–water partition coefficient (Wildman–Crippen LogP) is 1.07. The Hall–Kier alpha value is -1.93. The second-order valence-corrected chi connectivity index (χ2v) is 5.84. The number of nitrogens with zero attached hydrogens (tertiary/aromatic N) is 2. The van der Waals surface area contributed by atoms with Crippen molar-refractivity contribution in [2.24, 2.45) is 0 Å². The van der Waals surface area contributed by atoms with Gasteiger partial charge in [0.05, 0.1) is 18.0 Å². The maximum Gasteiger partial charge on any atom is 0.240 e. The topological polar surface area (TPSA) is 97.0 Å². The summed E-state index contributed by atoms with van der Waals surface area (Å²) in [5.74, 6) is 1.11. The van der Waals surface area contributed by atoms with Crippen molar-refractivity contribution in [2.75, 3.05) is 6.61 Å². The first kappa shape index (κ1) is 14.5. The number of benzene rings is 1. The molecular weight excluding hydrogens is 280 g/mol. The molecule has 20 heavy (non-hydrogen) atoms. The van der Waals surface area contributed by atoms with Crippen molar-refractivity contribution in [1.29, 1.82) is 0 Å². The van der Waals surface area contributed by atoms with Crippen molar-refractivity contribution in [3.63, 3.8) is 0 Å². The van der Waals surface area contributed by atoms with E-state index in [4.69, 9.17) is 4.74 Å². The van der Waals surface area contributed by atoms with Crippen LogP contribution in [0.3, 0.4) is 0 Å². The number of H-pyrrole nitrogens is 1. The molecule has 0 fully saturated rings. The van der Waals surface area contributed by atoms with Gasteiger partial charge in [0.2, 0.25) is 10.0 Å². The second-order valence-electron chi connectivity index (χ2n) is 4.08. The smallest absolute Gasteiger partial charge is 0.240 e. The molecule has 0 unspecified atom stereocenters. The normalized spacial score (nSPS) is 11.4. The lowest BCUT2D eigenvalue weighted by Gasteiger charge is -2.07. The molecule has 0 aliphatic heterocycles. The molecule has 0 spiro atoms. The van der Waals surface area contributed by atoms with Crippen LogP contribution >= 0.6 is 0 Å². The van der Waals surface area contributed by atoms with Crippen molar-refractivity contribution in [2.45, 2.75) is 24.8 Å². The highest BCUT2D eigenvalue weighted by Gasteiger charge is 2.14. The number of aromatic amines is 1. The van der Waals surface area contributed by atoms with Crippen LogP contribution in [-0.2, 0) is 16.6 Å². The van der Waals surface area contributed by atoms with Crippen molar-refractivity contribution >= 4 is 10.0 Å². The summed E-state index contributed by atoms with van der Waals surface area (Å²) in [5, 5.41) is 6.23. The van der Waals surface area contributed by atoms with Crippen molar-refractivity contribution in [3.8, 4) is 5.75 Å². The maximum absolute atomic E-state index is 12.0. The largest absolute Gasteiger partial charge is 0.494 e. The van der Waals surface area contributed by atoms with Gasteiger partial charge in [-0.3, -0.25) is 5.10 Å². The maximum atomic E-state index is 12.0. The molecule has 0 atom stereocenters. The van der Waals surface area contributed by atoms with E-state index in [1.165, 1.54) is 18.5 Å². The monoisotopic (exact) mass is 296 g/mol. The van der Waals surface area contributed by atoms with Gasteiger partial charge in [-0.05, 0) is 30.7 Å². The van der Waals surface area contributed by atoms with E-state index in [9.17, 15) is 8.42 Å². The van der Waals surface area contributed by atoms with Crippen LogP contribution in [0.4, 0.5) is 0 Å². The van der Waals surface area contributed by atoms with Crippen LogP contribution in [0.2, 0.25) is 0 Å². The Labute approximate surface area is 117 Å². The van der Waals surface area contributed by atoms with Gasteiger partial charge in [0.25, 0.3) is 0 Å². The molecule has 0 bridgehead atoms. The van der Waals surface area contributed by atoms with Crippen LogP contribution < -0.4 is 9.46 Å². The number of aromatic nitrogens is 3. The lowest BCUT2D eigenvalue weighted by atomic mass is 10.3. The molecule has 0 saturated heterocycles. The fourth-order valence-electron chi connectivity index (χ4n) is 1.50. The highest BCUT2D eigenvalue weighted by molar-refractivity contribution is 7.89. The lowest BCUT2D eigenvalue weighted by Crippen LogP contribution is -2.23. The fraction of sp³-hybridized carbons (Fsp3) is 0.333. The van der Waals surface area contributed by atoms with Gasteiger partial charge in [-0.15, -0.1) is 0 Å². The van der Waals surface area contributed by atoms with Gasteiger partial charge >= 0.3 is 0 Å². The molecule has 7 nitrogen and oxygen atoms in total. The third kappa shape index (κ3) is 3.78. The Morgan fingerprint density at radius 2 is 2.05 bits per heavy atom. The van der Waals surface area contributed by atoms with Crippen molar-refractivity contribution in [1.82, 2.24) is 19.9 Å². The van der Waals surface area contributed by atoms with Gasteiger partial charge in [-0.1, -0.05) is 6.92 Å². The molecule has 0 saturated carbocycles. The van der Waals surface area contributed by atoms with E-state index in [0.29, 0.717) is 18.2 Å². The van der Waals surface area contributed by atoms with Gasteiger partial charge < -0.3 is 4.74 Å². The van der Waals surface area contributed by atoms with Crippen molar-refractivity contribution in [3.05, 3.63) is 36.4 Å². The van der Waals surface area contributed by atoms with Gasteiger partial charge in [0, 0.05) is 0 Å². The zero-order valence-corrected chi connectivity index (χ0v) is 11.9. The van der Waals surface area contributed by atoms with Crippen LogP contribution in [0.25, 0.3) is 0 Å². The Morgan fingerprint density at radius 1 is 1.30 bits per heavy atom. The molecule has 1 aromatic carbocycles. The molecule has 1 aromatic heterocycles. The zero-order chi connectivity index (χ0) is 14.4. The summed E-state index contributed by atoms with van der Waals surface area (Å²) in [6.45, 7) is 2.68. The number of rotatable bonds is 7. The van der Waals surface area contributed by atoms with E-state index in [1.54, 1.807) is 12.1 Å². The number of hydrogen-bond acceptors (Lipinski definition) is 5. The van der Waals surface area contributed by atoms with Crippen LogP contribution in [0, 0.1) is 0 Å². The minimum Gasteiger partial charge on any atom is -0.494 e. The number of nitrogens with one attached hydrogen (secondary N) is 2. The molecular formula is C12H16N4O3S. The molecule has 8 heteroatoms. The van der Waals surface area contributed by atoms with Gasteiger partial charge in [-0.2, -0.15) is 5.10 Å². The quantitative estimate of drug-likeness (QED) is 0.796. The summed E-state index contributed by atoms with van der Waals surface area (Å²) in [5.41, 5.74) is 0. The second kappa shape index (κ2) is 6.49. The third-order valence-electron chi connectivity index (χ3n) is 2.50. The first-order valence-corrected chi connectivity index (χ1v) is 7.67. The molecule has 0 aliphatic rings. The molecule has 0 radical (unpaired) electrons. The molecule has 1 heterocycles.